The summed E-state index contributed by atoms with van der Waals surface area (Å²) in [6, 6.07) is 14.9. The summed E-state index contributed by atoms with van der Waals surface area (Å²) in [5, 5.41) is 2.63. The Morgan fingerprint density at radius 1 is 1.05 bits per heavy atom. The maximum Gasteiger partial charge on any atom is 0.421 e. The molecule has 40 heavy (non-hydrogen) atoms. The third-order valence-corrected chi connectivity index (χ3v) is 7.79. The monoisotopic (exact) mass is 558 g/mol. The fourth-order valence-electron chi connectivity index (χ4n) is 6.09. The van der Waals surface area contributed by atoms with E-state index in [0.717, 1.165) is 11.6 Å². The van der Waals surface area contributed by atoms with Gasteiger partial charge in [0.1, 0.15) is 17.4 Å². The quantitative estimate of drug-likeness (QED) is 0.305. The molecule has 0 spiro atoms. The Morgan fingerprint density at radius 2 is 1.77 bits per heavy atom. The average Bonchev–Trinajstić information content (AvgIpc) is 2.87. The van der Waals surface area contributed by atoms with Gasteiger partial charge >= 0.3 is 18.1 Å². The molecule has 1 N–H and O–H groups in total. The van der Waals surface area contributed by atoms with Crippen molar-refractivity contribution < 1.29 is 37.0 Å². The maximum absolute atomic E-state index is 14.0. The number of ether oxygens (including phenoxy) is 2. The Balaban J connectivity index is 1.70. The van der Waals surface area contributed by atoms with Crippen LogP contribution in [0.25, 0.3) is 6.08 Å². The standard InChI is InChI=1S/C30H33F3N2O5/c1-19(36)39-23-12-7-11-22(16-23)29-14-8-13-26(40-20(2)37)25(29)18-35(3)27(17-29)34-28(38)24(30(31,32)33)15-21-9-5-4-6-10-21/h4-7,9-12,15-16,25-27H,8,13-14,17-18H2,1-3H3,(H,34,38)/t25?,26?,27-,29-/m0/s1. The SMILES string of the molecule is CC(=O)Oc1cccc([C@@]23CCCC(OC(C)=O)C2CN(C)[C@H](NC(=O)C(=Cc2ccccc2)C(F)(F)F)C3)c1. The molecule has 1 amide bonds. The molecule has 1 aliphatic carbocycles. The Morgan fingerprint density at radius 3 is 2.42 bits per heavy atom. The highest BCUT2D eigenvalue weighted by Gasteiger charge is 2.53. The van der Waals surface area contributed by atoms with Gasteiger partial charge < -0.3 is 14.8 Å². The average molecular weight is 559 g/mol. The molecule has 0 radical (unpaired) electrons. The van der Waals surface area contributed by atoms with Crippen LogP contribution < -0.4 is 10.1 Å². The molecule has 2 aliphatic rings. The number of halogens is 3. The van der Waals surface area contributed by atoms with Crippen LogP contribution in [0.2, 0.25) is 0 Å². The number of fused-ring (bicyclic) bond motifs is 1. The molecule has 1 heterocycles. The summed E-state index contributed by atoms with van der Waals surface area (Å²) in [7, 11) is 1.73. The second-order valence-electron chi connectivity index (χ2n) is 10.5. The zero-order valence-electron chi connectivity index (χ0n) is 22.7. The molecule has 4 rings (SSSR count). The normalized spacial score (nSPS) is 25.4. The third kappa shape index (κ3) is 6.55. The first-order valence-electron chi connectivity index (χ1n) is 13.2. The van der Waals surface area contributed by atoms with E-state index in [0.29, 0.717) is 31.6 Å². The highest BCUT2D eigenvalue weighted by molar-refractivity contribution is 5.99. The lowest BCUT2D eigenvalue weighted by molar-refractivity contribution is -0.157. The minimum atomic E-state index is -4.86. The van der Waals surface area contributed by atoms with Crippen LogP contribution in [0.15, 0.2) is 60.2 Å². The summed E-state index contributed by atoms with van der Waals surface area (Å²) in [4.78, 5) is 38.5. The minimum Gasteiger partial charge on any atom is -0.462 e. The first-order chi connectivity index (χ1) is 18.9. The second kappa shape index (κ2) is 11.8. The lowest BCUT2D eigenvalue weighted by Gasteiger charge is -2.55. The molecule has 2 aromatic rings. The van der Waals surface area contributed by atoms with E-state index in [4.69, 9.17) is 9.47 Å². The van der Waals surface area contributed by atoms with Gasteiger partial charge in [0.05, 0.1) is 6.17 Å². The van der Waals surface area contributed by atoms with Gasteiger partial charge in [-0.2, -0.15) is 13.2 Å². The van der Waals surface area contributed by atoms with Crippen LogP contribution in [0, 0.1) is 5.92 Å². The number of carbonyl (C=O) groups is 3. The van der Waals surface area contributed by atoms with E-state index >= 15 is 0 Å². The molecule has 0 aromatic heterocycles. The van der Waals surface area contributed by atoms with Crippen molar-refractivity contribution in [1.82, 2.24) is 10.2 Å². The van der Waals surface area contributed by atoms with E-state index in [9.17, 15) is 27.6 Å². The highest BCUT2D eigenvalue weighted by Crippen LogP contribution is 2.51. The zero-order chi connectivity index (χ0) is 29.1. The zero-order valence-corrected chi connectivity index (χ0v) is 22.7. The third-order valence-electron chi connectivity index (χ3n) is 7.79. The summed E-state index contributed by atoms with van der Waals surface area (Å²) < 4.78 is 53.0. The van der Waals surface area contributed by atoms with Crippen LogP contribution in [-0.4, -0.2) is 54.8 Å². The molecular weight excluding hydrogens is 525 g/mol. The second-order valence-corrected chi connectivity index (χ2v) is 10.5. The van der Waals surface area contributed by atoms with Crippen molar-refractivity contribution >= 4 is 23.9 Å². The van der Waals surface area contributed by atoms with Crippen LogP contribution in [0.5, 0.6) is 5.75 Å². The van der Waals surface area contributed by atoms with E-state index in [2.05, 4.69) is 5.32 Å². The molecule has 2 unspecified atom stereocenters. The number of nitrogens with one attached hydrogen (secondary N) is 1. The lowest BCUT2D eigenvalue weighted by Crippen LogP contribution is -2.63. The van der Waals surface area contributed by atoms with Crippen molar-refractivity contribution in [2.75, 3.05) is 13.6 Å². The summed E-state index contributed by atoms with van der Waals surface area (Å²) in [5.41, 5.74) is -0.865. The van der Waals surface area contributed by atoms with Gasteiger partial charge in [0.25, 0.3) is 5.91 Å². The van der Waals surface area contributed by atoms with Crippen LogP contribution in [0.1, 0.15) is 50.7 Å². The number of likely N-dealkylation sites (tertiary alicyclic amines) is 1. The van der Waals surface area contributed by atoms with E-state index in [1.54, 1.807) is 48.3 Å². The molecule has 2 aromatic carbocycles. The summed E-state index contributed by atoms with van der Waals surface area (Å²) >= 11 is 0. The Bertz CT molecular complexity index is 1280. The number of esters is 2. The van der Waals surface area contributed by atoms with Crippen LogP contribution >= 0.6 is 0 Å². The molecule has 4 atom stereocenters. The smallest absolute Gasteiger partial charge is 0.421 e. The molecule has 214 valence electrons. The van der Waals surface area contributed by atoms with Gasteiger partial charge in [-0.05, 0) is 62.1 Å². The van der Waals surface area contributed by atoms with Crippen LogP contribution in [-0.2, 0) is 24.5 Å². The predicted octanol–water partition coefficient (Wildman–Crippen LogP) is 5.01. The summed E-state index contributed by atoms with van der Waals surface area (Å²) in [6.45, 7) is 3.02. The molecule has 10 heteroatoms. The highest BCUT2D eigenvalue weighted by atomic mass is 19.4. The molecule has 1 aliphatic heterocycles. The largest absolute Gasteiger partial charge is 0.462 e. The van der Waals surface area contributed by atoms with Gasteiger partial charge in [-0.15, -0.1) is 0 Å². The van der Waals surface area contributed by atoms with Crippen molar-refractivity contribution in [3.63, 3.8) is 0 Å². The number of nitrogens with zero attached hydrogens (tertiary/aromatic N) is 1. The molecule has 2 fully saturated rings. The molecule has 0 bridgehead atoms. The molecule has 1 saturated carbocycles. The Kier molecular flexibility index (Phi) is 8.68. The number of rotatable bonds is 6. The van der Waals surface area contributed by atoms with Gasteiger partial charge in [-0.25, -0.2) is 0 Å². The molecule has 1 saturated heterocycles. The first kappa shape index (κ1) is 29.3. The van der Waals surface area contributed by atoms with Crippen LogP contribution in [0.3, 0.4) is 0 Å². The summed E-state index contributed by atoms with van der Waals surface area (Å²) in [5.74, 6) is -1.96. The van der Waals surface area contributed by atoms with Crippen molar-refractivity contribution in [2.24, 2.45) is 5.92 Å². The number of piperidine rings is 1. The fraction of sp³-hybridized carbons (Fsp3) is 0.433. The van der Waals surface area contributed by atoms with Crippen molar-refractivity contribution in [1.29, 1.82) is 0 Å². The molecular formula is C30H33F3N2O5. The fourth-order valence-corrected chi connectivity index (χ4v) is 6.09. The van der Waals surface area contributed by atoms with Gasteiger partial charge in [-0.1, -0.05) is 42.5 Å². The Hall–Kier alpha value is -3.66. The maximum atomic E-state index is 14.0. The van der Waals surface area contributed by atoms with Gasteiger partial charge in [0.15, 0.2) is 0 Å². The number of hydrogen-bond acceptors (Lipinski definition) is 6. The van der Waals surface area contributed by atoms with Gasteiger partial charge in [0.2, 0.25) is 0 Å². The minimum absolute atomic E-state index is 0.196. The lowest BCUT2D eigenvalue weighted by atomic mass is 9.57. The number of amides is 1. The number of hydrogen-bond donors (Lipinski definition) is 1. The first-order valence-corrected chi connectivity index (χ1v) is 13.2. The molecule has 7 nitrogen and oxygen atoms in total. The van der Waals surface area contributed by atoms with Gasteiger partial charge in [0, 0.05) is 31.7 Å². The number of alkyl halides is 3. The predicted molar refractivity (Wildman–Crippen MR) is 142 cm³/mol. The van der Waals surface area contributed by atoms with E-state index in [1.807, 2.05) is 6.07 Å². The van der Waals surface area contributed by atoms with Crippen LogP contribution in [0.4, 0.5) is 13.2 Å². The topological polar surface area (TPSA) is 84.9 Å². The van der Waals surface area contributed by atoms with Gasteiger partial charge in [-0.3, -0.25) is 19.3 Å². The Labute approximate surface area is 231 Å². The van der Waals surface area contributed by atoms with E-state index in [1.165, 1.54) is 26.0 Å². The number of carbonyl (C=O) groups excluding carboxylic acids is 3. The van der Waals surface area contributed by atoms with Crippen molar-refractivity contribution in [2.45, 2.75) is 63.4 Å². The number of benzene rings is 2. The van der Waals surface area contributed by atoms with Crippen molar-refractivity contribution in [3.05, 3.63) is 71.3 Å². The van der Waals surface area contributed by atoms with E-state index in [-0.39, 0.29) is 17.9 Å². The van der Waals surface area contributed by atoms with Crippen molar-refractivity contribution in [3.8, 4) is 5.75 Å². The van der Waals surface area contributed by atoms with E-state index < -0.39 is 47.3 Å². The summed E-state index contributed by atoms with van der Waals surface area (Å²) in [6.07, 6.45) is -2.88.